The van der Waals surface area contributed by atoms with Gasteiger partial charge >= 0.3 is 12.2 Å². The molecule has 0 saturated heterocycles. The van der Waals surface area contributed by atoms with Crippen LogP contribution in [0.5, 0.6) is 0 Å². The molecule has 4 N–H and O–H groups in total. The van der Waals surface area contributed by atoms with Crippen molar-refractivity contribution >= 4 is 35.6 Å². The molecule has 2 aliphatic rings. The zero-order valence-corrected chi connectivity index (χ0v) is 26.8. The number of nitrogens with one attached hydrogen (secondary N) is 3. The number of alkyl carbamates (subject to hydrolysis) is 1. The Labute approximate surface area is 263 Å². The molecule has 0 aromatic carbocycles. The molecule has 0 bridgehead atoms. The highest BCUT2D eigenvalue weighted by molar-refractivity contribution is 6.33. The van der Waals surface area contributed by atoms with Crippen molar-refractivity contribution in [1.29, 1.82) is 0 Å². The second kappa shape index (κ2) is 14.9. The number of hydrogen-bond donors (Lipinski definition) is 4. The zero-order valence-electron chi connectivity index (χ0n) is 26.1. The summed E-state index contributed by atoms with van der Waals surface area (Å²) in [6.07, 6.45) is 9.19. The Hall–Kier alpha value is -3.61. The largest absolute Gasteiger partial charge is 0.465 e. The Balaban J connectivity index is 1.21. The molecule has 0 spiro atoms. The van der Waals surface area contributed by atoms with Gasteiger partial charge in [-0.1, -0.05) is 11.6 Å². The van der Waals surface area contributed by atoms with E-state index in [1.54, 1.807) is 27.0 Å². The van der Waals surface area contributed by atoms with Gasteiger partial charge in [-0.05, 0) is 84.5 Å². The van der Waals surface area contributed by atoms with Gasteiger partial charge in [0.15, 0.2) is 0 Å². The van der Waals surface area contributed by atoms with Crippen molar-refractivity contribution < 1.29 is 24.2 Å². The molecular weight excluding hydrogens is 588 g/mol. The van der Waals surface area contributed by atoms with Crippen LogP contribution in [0.2, 0.25) is 5.02 Å². The van der Waals surface area contributed by atoms with E-state index in [1.165, 1.54) is 17.7 Å². The molecule has 44 heavy (non-hydrogen) atoms. The number of ether oxygens (including phenoxy) is 1. The van der Waals surface area contributed by atoms with E-state index < -0.39 is 17.8 Å². The number of halogens is 1. The van der Waals surface area contributed by atoms with Gasteiger partial charge in [-0.3, -0.25) is 14.4 Å². The minimum atomic E-state index is -1.11. The fourth-order valence-corrected chi connectivity index (χ4v) is 5.58. The maximum atomic E-state index is 12.5. The maximum Gasteiger partial charge on any atom is 0.408 e. The molecule has 14 heteroatoms. The van der Waals surface area contributed by atoms with Crippen LogP contribution in [-0.4, -0.2) is 85.2 Å². The second-order valence-electron chi connectivity index (χ2n) is 12.7. The van der Waals surface area contributed by atoms with Crippen LogP contribution in [0, 0.1) is 5.92 Å². The molecule has 2 heterocycles. The standard InChI is InChI=1S/C30H45ClN8O5/c1-30(2,3)44-28(41)33-14-6-5-13-32-25(40)18-39(29(42)43)21-11-9-20(10-12-21)36-27-34-17-23(31)26(37-27)22-16-35-38(4)24(22)15-19-7-8-19/h16-17,19-21H,5-15,18H2,1-4H3,(H,32,40)(H,33,41)(H,42,43)(H,34,36,37)/t20-,21-. The van der Waals surface area contributed by atoms with E-state index in [9.17, 15) is 19.5 Å². The number of aromatic nitrogens is 4. The van der Waals surface area contributed by atoms with Crippen molar-refractivity contribution in [2.45, 2.75) is 96.2 Å². The van der Waals surface area contributed by atoms with Crippen LogP contribution in [0.3, 0.4) is 0 Å². The number of carbonyl (C=O) groups is 3. The van der Waals surface area contributed by atoms with E-state index in [1.807, 2.05) is 17.9 Å². The first-order valence-electron chi connectivity index (χ1n) is 15.4. The highest BCUT2D eigenvalue weighted by Crippen LogP contribution is 2.37. The lowest BCUT2D eigenvalue weighted by atomic mass is 9.90. The van der Waals surface area contributed by atoms with Gasteiger partial charge in [0.05, 0.1) is 23.1 Å². The van der Waals surface area contributed by atoms with Crippen LogP contribution in [0.25, 0.3) is 11.3 Å². The zero-order chi connectivity index (χ0) is 31.9. The lowest BCUT2D eigenvalue weighted by molar-refractivity contribution is -0.122. The average Bonchev–Trinajstić information content (AvgIpc) is 3.71. The van der Waals surface area contributed by atoms with E-state index in [-0.39, 0.29) is 24.5 Å². The SMILES string of the molecule is Cn1ncc(-c2nc(N[C@H]3CC[C@H](N(CC(=O)NCCCCNC(=O)OC(C)(C)C)C(=O)O)CC3)ncc2Cl)c1CC1CC1. The molecule has 13 nitrogen and oxygen atoms in total. The molecular formula is C30H45ClN8O5. The van der Waals surface area contributed by atoms with Crippen molar-refractivity contribution in [2.75, 3.05) is 25.0 Å². The fourth-order valence-electron chi connectivity index (χ4n) is 5.38. The topological polar surface area (TPSA) is 164 Å². The lowest BCUT2D eigenvalue weighted by Gasteiger charge is -2.35. The summed E-state index contributed by atoms with van der Waals surface area (Å²) in [4.78, 5) is 46.6. The quantitative estimate of drug-likeness (QED) is 0.231. The monoisotopic (exact) mass is 632 g/mol. The average molecular weight is 633 g/mol. The van der Waals surface area contributed by atoms with E-state index in [2.05, 4.69) is 26.0 Å². The first-order valence-corrected chi connectivity index (χ1v) is 15.8. The smallest absolute Gasteiger partial charge is 0.408 e. The molecule has 2 aliphatic carbocycles. The van der Waals surface area contributed by atoms with Crippen molar-refractivity contribution in [1.82, 2.24) is 35.3 Å². The number of aryl methyl sites for hydroxylation is 1. The molecule has 3 amide bonds. The number of rotatable bonds is 13. The third kappa shape index (κ3) is 9.96. The lowest BCUT2D eigenvalue weighted by Crippen LogP contribution is -2.48. The number of carboxylic acid groups (broad SMARTS) is 1. The van der Waals surface area contributed by atoms with E-state index >= 15 is 0 Å². The molecule has 2 aromatic rings. The molecule has 2 aromatic heterocycles. The summed E-state index contributed by atoms with van der Waals surface area (Å²) in [5, 5.41) is 23.6. The van der Waals surface area contributed by atoms with Crippen molar-refractivity contribution in [3.05, 3.63) is 23.1 Å². The van der Waals surface area contributed by atoms with Gasteiger partial charge in [-0.15, -0.1) is 0 Å². The maximum absolute atomic E-state index is 12.5. The molecule has 242 valence electrons. The van der Waals surface area contributed by atoms with Crippen LogP contribution in [0.4, 0.5) is 15.5 Å². The van der Waals surface area contributed by atoms with Crippen LogP contribution in [0.1, 0.15) is 77.8 Å². The number of carbonyl (C=O) groups excluding carboxylic acids is 2. The molecule has 4 rings (SSSR count). The Morgan fingerprint density at radius 3 is 2.39 bits per heavy atom. The van der Waals surface area contributed by atoms with Crippen molar-refractivity contribution in [3.63, 3.8) is 0 Å². The minimum Gasteiger partial charge on any atom is -0.465 e. The molecule has 0 aliphatic heterocycles. The molecule has 0 radical (unpaired) electrons. The summed E-state index contributed by atoms with van der Waals surface area (Å²) < 4.78 is 7.08. The van der Waals surface area contributed by atoms with Gasteiger partial charge in [-0.25, -0.2) is 19.6 Å². The van der Waals surface area contributed by atoms with Gasteiger partial charge < -0.3 is 25.8 Å². The van der Waals surface area contributed by atoms with E-state index in [0.717, 1.165) is 17.7 Å². The summed E-state index contributed by atoms with van der Waals surface area (Å²) in [6, 6.07) is -0.185. The molecule has 2 fully saturated rings. The number of nitrogens with zero attached hydrogens (tertiary/aromatic N) is 5. The molecule has 0 unspecified atom stereocenters. The third-order valence-electron chi connectivity index (χ3n) is 7.86. The van der Waals surface area contributed by atoms with E-state index in [0.29, 0.717) is 74.2 Å². The first-order chi connectivity index (χ1) is 20.9. The van der Waals surface area contributed by atoms with Gasteiger partial charge in [0.2, 0.25) is 11.9 Å². The van der Waals surface area contributed by atoms with Crippen LogP contribution in [0.15, 0.2) is 12.4 Å². The van der Waals surface area contributed by atoms with Gasteiger partial charge in [0, 0.05) is 43.5 Å². The Morgan fingerprint density at radius 2 is 1.75 bits per heavy atom. The highest BCUT2D eigenvalue weighted by Gasteiger charge is 2.31. The van der Waals surface area contributed by atoms with Crippen LogP contribution in [-0.2, 0) is 23.0 Å². The van der Waals surface area contributed by atoms with Crippen molar-refractivity contribution in [3.8, 4) is 11.3 Å². The Kier molecular flexibility index (Phi) is 11.3. The van der Waals surface area contributed by atoms with Gasteiger partial charge in [0.25, 0.3) is 0 Å². The molecule has 0 atom stereocenters. The predicted molar refractivity (Wildman–Crippen MR) is 167 cm³/mol. The predicted octanol–water partition coefficient (Wildman–Crippen LogP) is 4.61. The summed E-state index contributed by atoms with van der Waals surface area (Å²) in [6.45, 7) is 5.99. The molecule has 2 saturated carbocycles. The van der Waals surface area contributed by atoms with Crippen molar-refractivity contribution in [2.24, 2.45) is 13.0 Å². The Bertz CT molecular complexity index is 1300. The summed E-state index contributed by atoms with van der Waals surface area (Å²) in [7, 11) is 1.94. The summed E-state index contributed by atoms with van der Waals surface area (Å²) in [5.74, 6) is 0.824. The summed E-state index contributed by atoms with van der Waals surface area (Å²) >= 11 is 6.51. The van der Waals surface area contributed by atoms with E-state index in [4.69, 9.17) is 21.3 Å². The number of amides is 3. The first kappa shape index (κ1) is 33.3. The van der Waals surface area contributed by atoms with Gasteiger partial charge in [0.1, 0.15) is 12.1 Å². The number of unbranched alkanes of at least 4 members (excludes halogenated alkanes) is 1. The number of hydrogen-bond acceptors (Lipinski definition) is 8. The second-order valence-corrected chi connectivity index (χ2v) is 13.1. The normalized spacial score (nSPS) is 18.4. The van der Waals surface area contributed by atoms with Crippen LogP contribution < -0.4 is 16.0 Å². The third-order valence-corrected chi connectivity index (χ3v) is 8.14. The van der Waals surface area contributed by atoms with Crippen LogP contribution >= 0.6 is 11.6 Å². The Morgan fingerprint density at radius 1 is 1.07 bits per heavy atom. The minimum absolute atomic E-state index is 0.0684. The fraction of sp³-hybridized carbons (Fsp3) is 0.667. The number of anilines is 1. The summed E-state index contributed by atoms with van der Waals surface area (Å²) in [5.41, 5.74) is 2.14. The highest BCUT2D eigenvalue weighted by atomic mass is 35.5. The van der Waals surface area contributed by atoms with Gasteiger partial charge in [-0.2, -0.15) is 5.10 Å².